The summed E-state index contributed by atoms with van der Waals surface area (Å²) in [7, 11) is -3.69. The first kappa shape index (κ1) is 16.0. The lowest BCUT2D eigenvalue weighted by molar-refractivity contribution is 0.227. The molecule has 1 aliphatic rings. The second-order valence-corrected chi connectivity index (χ2v) is 7.46. The molecule has 114 valence electrons. The van der Waals surface area contributed by atoms with Crippen LogP contribution in [0.3, 0.4) is 0 Å². The van der Waals surface area contributed by atoms with E-state index in [-0.39, 0.29) is 22.5 Å². The van der Waals surface area contributed by atoms with E-state index in [1.807, 2.05) is 13.0 Å². The summed E-state index contributed by atoms with van der Waals surface area (Å²) in [4.78, 5) is 0.0950. The van der Waals surface area contributed by atoms with E-state index in [4.69, 9.17) is 5.73 Å². The van der Waals surface area contributed by atoms with E-state index in [0.29, 0.717) is 12.1 Å². The number of benzene rings is 1. The molecular formula is C15H21N3O2S. The second-order valence-electron chi connectivity index (χ2n) is 5.60. The molecule has 1 aromatic carbocycles. The van der Waals surface area contributed by atoms with Crippen molar-refractivity contribution in [1.82, 2.24) is 4.31 Å². The lowest BCUT2D eigenvalue weighted by Gasteiger charge is -2.37. The molecule has 1 fully saturated rings. The predicted octanol–water partition coefficient (Wildman–Crippen LogP) is 1.76. The van der Waals surface area contributed by atoms with Crippen molar-refractivity contribution >= 4 is 10.0 Å². The van der Waals surface area contributed by atoms with Gasteiger partial charge in [0.1, 0.15) is 11.0 Å². The molecule has 0 radical (unpaired) electrons. The Morgan fingerprint density at radius 2 is 2.14 bits per heavy atom. The first-order chi connectivity index (χ1) is 9.89. The van der Waals surface area contributed by atoms with E-state index < -0.39 is 10.0 Å². The Labute approximate surface area is 126 Å². The van der Waals surface area contributed by atoms with Crippen LogP contribution in [0.4, 0.5) is 0 Å². The zero-order chi connectivity index (χ0) is 15.6. The fourth-order valence-corrected chi connectivity index (χ4v) is 4.87. The van der Waals surface area contributed by atoms with E-state index in [1.165, 1.54) is 10.4 Å². The van der Waals surface area contributed by atoms with Crippen molar-refractivity contribution in [2.24, 2.45) is 5.73 Å². The first-order valence-corrected chi connectivity index (χ1v) is 8.60. The van der Waals surface area contributed by atoms with E-state index in [2.05, 4.69) is 0 Å². The third-order valence-electron chi connectivity index (χ3n) is 4.04. The SMILES string of the molecule is Cc1cccc(S(=O)(=O)N2CCCC[C@H]2[C@@H](C)N)c1C#N. The molecule has 0 amide bonds. The van der Waals surface area contributed by atoms with Gasteiger partial charge in [-0.05, 0) is 38.3 Å². The highest BCUT2D eigenvalue weighted by molar-refractivity contribution is 7.89. The maximum Gasteiger partial charge on any atom is 0.244 e. The van der Waals surface area contributed by atoms with Crippen LogP contribution in [0.2, 0.25) is 0 Å². The van der Waals surface area contributed by atoms with Crippen LogP contribution in [0, 0.1) is 18.3 Å². The molecule has 0 aromatic heterocycles. The van der Waals surface area contributed by atoms with Crippen LogP contribution in [0.5, 0.6) is 0 Å². The molecule has 2 atom stereocenters. The average Bonchev–Trinajstić information content (AvgIpc) is 2.46. The zero-order valence-corrected chi connectivity index (χ0v) is 13.2. The highest BCUT2D eigenvalue weighted by Gasteiger charge is 2.36. The number of nitrogens with two attached hydrogens (primary N) is 1. The highest BCUT2D eigenvalue weighted by atomic mass is 32.2. The zero-order valence-electron chi connectivity index (χ0n) is 12.4. The van der Waals surface area contributed by atoms with Crippen molar-refractivity contribution in [3.8, 4) is 6.07 Å². The van der Waals surface area contributed by atoms with Crippen LogP contribution < -0.4 is 5.73 Å². The minimum atomic E-state index is -3.69. The molecule has 1 aromatic rings. The van der Waals surface area contributed by atoms with Crippen molar-refractivity contribution < 1.29 is 8.42 Å². The molecule has 0 bridgehead atoms. The fraction of sp³-hybridized carbons (Fsp3) is 0.533. The largest absolute Gasteiger partial charge is 0.326 e. The van der Waals surface area contributed by atoms with Gasteiger partial charge in [-0.1, -0.05) is 18.6 Å². The molecule has 5 nitrogen and oxygen atoms in total. The minimum Gasteiger partial charge on any atom is -0.326 e. The number of hydrogen-bond donors (Lipinski definition) is 1. The lowest BCUT2D eigenvalue weighted by Crippen LogP contribution is -2.51. The van der Waals surface area contributed by atoms with Crippen molar-refractivity contribution in [1.29, 1.82) is 5.26 Å². The Morgan fingerprint density at radius 3 is 2.76 bits per heavy atom. The van der Waals surface area contributed by atoms with Crippen molar-refractivity contribution in [2.75, 3.05) is 6.54 Å². The third kappa shape index (κ3) is 2.95. The summed E-state index contributed by atoms with van der Waals surface area (Å²) in [6.45, 7) is 4.05. The van der Waals surface area contributed by atoms with Crippen molar-refractivity contribution in [3.05, 3.63) is 29.3 Å². The number of aryl methyl sites for hydroxylation is 1. The molecule has 0 unspecified atom stereocenters. The van der Waals surface area contributed by atoms with Crippen LogP contribution in [-0.2, 0) is 10.0 Å². The molecule has 1 saturated heterocycles. The molecule has 1 heterocycles. The molecule has 6 heteroatoms. The molecule has 2 N–H and O–H groups in total. The standard InChI is InChI=1S/C15H21N3O2S/c1-11-6-5-8-15(13(11)10-16)21(19,20)18-9-4-3-7-14(18)12(2)17/h5-6,8,12,14H,3-4,7,9,17H2,1-2H3/t12-,14+/m1/s1. The smallest absolute Gasteiger partial charge is 0.244 e. The van der Waals surface area contributed by atoms with Gasteiger partial charge >= 0.3 is 0 Å². The Balaban J connectivity index is 2.51. The van der Waals surface area contributed by atoms with Gasteiger partial charge in [-0.3, -0.25) is 0 Å². The molecule has 0 spiro atoms. The van der Waals surface area contributed by atoms with Gasteiger partial charge in [-0.25, -0.2) is 8.42 Å². The van der Waals surface area contributed by atoms with Crippen molar-refractivity contribution in [3.63, 3.8) is 0 Å². The van der Waals surface area contributed by atoms with Gasteiger partial charge < -0.3 is 5.73 Å². The number of nitrogens with zero attached hydrogens (tertiary/aromatic N) is 2. The van der Waals surface area contributed by atoms with E-state index in [0.717, 1.165) is 19.3 Å². The Hall–Kier alpha value is -1.42. The summed E-state index contributed by atoms with van der Waals surface area (Å²) in [6, 6.07) is 6.52. The van der Waals surface area contributed by atoms with Gasteiger partial charge in [-0.2, -0.15) is 9.57 Å². The van der Waals surface area contributed by atoms with E-state index in [9.17, 15) is 13.7 Å². The molecular weight excluding hydrogens is 286 g/mol. The van der Waals surface area contributed by atoms with E-state index in [1.54, 1.807) is 19.1 Å². The number of sulfonamides is 1. The first-order valence-electron chi connectivity index (χ1n) is 7.16. The quantitative estimate of drug-likeness (QED) is 0.921. The maximum absolute atomic E-state index is 13.0. The van der Waals surface area contributed by atoms with E-state index >= 15 is 0 Å². The van der Waals surface area contributed by atoms with Gasteiger partial charge in [-0.15, -0.1) is 0 Å². The summed E-state index contributed by atoms with van der Waals surface area (Å²) in [5.74, 6) is 0. The minimum absolute atomic E-state index is 0.0950. The van der Waals surface area contributed by atoms with Gasteiger partial charge in [0.25, 0.3) is 0 Å². The van der Waals surface area contributed by atoms with Gasteiger partial charge in [0.15, 0.2) is 0 Å². The summed E-state index contributed by atoms with van der Waals surface area (Å²) in [5.41, 5.74) is 6.86. The molecule has 1 aliphatic heterocycles. The van der Waals surface area contributed by atoms with Crippen LogP contribution in [0.25, 0.3) is 0 Å². The monoisotopic (exact) mass is 307 g/mol. The molecule has 0 saturated carbocycles. The lowest BCUT2D eigenvalue weighted by atomic mass is 10.00. The summed E-state index contributed by atoms with van der Waals surface area (Å²) >= 11 is 0. The summed E-state index contributed by atoms with van der Waals surface area (Å²) in [5, 5.41) is 9.28. The number of hydrogen-bond acceptors (Lipinski definition) is 4. The average molecular weight is 307 g/mol. The normalized spacial score (nSPS) is 21.7. The second kappa shape index (κ2) is 6.14. The summed E-state index contributed by atoms with van der Waals surface area (Å²) in [6.07, 6.45) is 2.58. The predicted molar refractivity (Wildman–Crippen MR) is 81.1 cm³/mol. The third-order valence-corrected chi connectivity index (χ3v) is 6.01. The molecule has 0 aliphatic carbocycles. The van der Waals surface area contributed by atoms with Crippen LogP contribution in [0.1, 0.15) is 37.3 Å². The maximum atomic E-state index is 13.0. The fourth-order valence-electron chi connectivity index (χ4n) is 2.88. The Bertz CT molecular complexity index is 662. The Morgan fingerprint density at radius 1 is 1.43 bits per heavy atom. The van der Waals surface area contributed by atoms with Gasteiger partial charge in [0, 0.05) is 18.6 Å². The summed E-state index contributed by atoms with van der Waals surface area (Å²) < 4.78 is 27.4. The van der Waals surface area contributed by atoms with Gasteiger partial charge in [0.05, 0.1) is 5.56 Å². The number of rotatable bonds is 3. The number of nitriles is 1. The van der Waals surface area contributed by atoms with Gasteiger partial charge in [0.2, 0.25) is 10.0 Å². The Kier molecular flexibility index (Phi) is 4.67. The molecule has 21 heavy (non-hydrogen) atoms. The van der Waals surface area contributed by atoms with Crippen LogP contribution in [0.15, 0.2) is 23.1 Å². The van der Waals surface area contributed by atoms with Crippen molar-refractivity contribution in [2.45, 2.75) is 50.1 Å². The van der Waals surface area contributed by atoms with Crippen LogP contribution in [-0.4, -0.2) is 31.4 Å². The number of piperidine rings is 1. The highest BCUT2D eigenvalue weighted by Crippen LogP contribution is 2.29. The van der Waals surface area contributed by atoms with Crippen LogP contribution >= 0.6 is 0 Å². The molecule has 2 rings (SSSR count). The topological polar surface area (TPSA) is 87.2 Å².